The van der Waals surface area contributed by atoms with Crippen LogP contribution in [0.1, 0.15) is 25.3 Å². The summed E-state index contributed by atoms with van der Waals surface area (Å²) in [5.74, 6) is 0.157. The third-order valence-corrected chi connectivity index (χ3v) is 5.21. The zero-order valence-electron chi connectivity index (χ0n) is 15.6. The lowest BCUT2D eigenvalue weighted by atomic mass is 10.1. The van der Waals surface area contributed by atoms with E-state index in [1.807, 2.05) is 28.0 Å². The predicted molar refractivity (Wildman–Crippen MR) is 103 cm³/mol. The molecule has 26 heavy (non-hydrogen) atoms. The van der Waals surface area contributed by atoms with Crippen molar-refractivity contribution in [2.45, 2.75) is 19.8 Å². The number of carbonyl (C=O) groups excluding carboxylic acids is 2. The van der Waals surface area contributed by atoms with Gasteiger partial charge in [-0.3, -0.25) is 14.5 Å². The largest absolute Gasteiger partial charge is 0.342 e. The summed E-state index contributed by atoms with van der Waals surface area (Å²) >= 11 is 0. The molecule has 1 unspecified atom stereocenters. The fourth-order valence-electron chi connectivity index (χ4n) is 3.73. The Hall–Kier alpha value is -2.14. The zero-order valence-corrected chi connectivity index (χ0v) is 15.6. The fourth-order valence-corrected chi connectivity index (χ4v) is 3.73. The Kier molecular flexibility index (Phi) is 6.45. The van der Waals surface area contributed by atoms with E-state index in [9.17, 15) is 9.59 Å². The van der Waals surface area contributed by atoms with Gasteiger partial charge in [-0.2, -0.15) is 0 Å². The van der Waals surface area contributed by atoms with Gasteiger partial charge >= 0.3 is 0 Å². The second-order valence-electron chi connectivity index (χ2n) is 7.18. The van der Waals surface area contributed by atoms with E-state index in [1.54, 1.807) is 0 Å². The van der Waals surface area contributed by atoms with E-state index in [2.05, 4.69) is 36.1 Å². The Bertz CT molecular complexity index is 636. The Morgan fingerprint density at radius 2 is 1.88 bits per heavy atom. The topological polar surface area (TPSA) is 43.9 Å². The predicted octanol–water partition coefficient (Wildman–Crippen LogP) is 2.10. The second kappa shape index (κ2) is 8.99. The van der Waals surface area contributed by atoms with Crippen LogP contribution in [0.5, 0.6) is 0 Å². The van der Waals surface area contributed by atoms with Gasteiger partial charge in [-0.25, -0.2) is 0 Å². The highest BCUT2D eigenvalue weighted by atomic mass is 16.2. The van der Waals surface area contributed by atoms with Crippen molar-refractivity contribution in [1.29, 1.82) is 0 Å². The van der Waals surface area contributed by atoms with Crippen molar-refractivity contribution in [3.05, 3.63) is 42.0 Å². The molecule has 2 saturated heterocycles. The van der Waals surface area contributed by atoms with Gasteiger partial charge < -0.3 is 9.80 Å². The number of carbonyl (C=O) groups is 2. The lowest BCUT2D eigenvalue weighted by molar-refractivity contribution is -0.137. The molecule has 0 N–H and O–H groups in total. The average molecular weight is 355 g/mol. The molecule has 3 rings (SSSR count). The van der Waals surface area contributed by atoms with Crippen molar-refractivity contribution in [2.24, 2.45) is 5.92 Å². The van der Waals surface area contributed by atoms with E-state index in [1.165, 1.54) is 5.56 Å². The average Bonchev–Trinajstić information content (AvgIpc) is 3.04. The van der Waals surface area contributed by atoms with Gasteiger partial charge in [0, 0.05) is 52.2 Å². The van der Waals surface area contributed by atoms with Crippen LogP contribution in [0.4, 0.5) is 0 Å². The number of nitrogens with zero attached hydrogens (tertiary/aromatic N) is 3. The zero-order chi connectivity index (χ0) is 18.4. The standard InChI is InChI=1S/C21H29N3O2/c1-2-10-24-17-19(16-20(24)25)21(26)23-14-12-22(13-15-23)11-6-9-18-7-4-3-5-8-18/h3-9,19H,2,10-17H2,1H3/b9-6+. The summed E-state index contributed by atoms with van der Waals surface area (Å²) in [7, 11) is 0. The van der Waals surface area contributed by atoms with E-state index in [4.69, 9.17) is 0 Å². The molecular weight excluding hydrogens is 326 g/mol. The van der Waals surface area contributed by atoms with E-state index in [0.29, 0.717) is 13.0 Å². The van der Waals surface area contributed by atoms with Crippen LogP contribution in [0.2, 0.25) is 0 Å². The highest BCUT2D eigenvalue weighted by molar-refractivity contribution is 5.89. The maximum absolute atomic E-state index is 12.7. The van der Waals surface area contributed by atoms with Gasteiger partial charge in [-0.05, 0) is 12.0 Å². The first kappa shape index (κ1) is 18.6. The molecule has 1 atom stereocenters. The van der Waals surface area contributed by atoms with Crippen molar-refractivity contribution in [3.8, 4) is 0 Å². The molecule has 0 saturated carbocycles. The molecule has 1 aromatic rings. The van der Waals surface area contributed by atoms with Gasteiger partial charge in [0.25, 0.3) is 0 Å². The molecule has 2 amide bonds. The summed E-state index contributed by atoms with van der Waals surface area (Å²) in [6.45, 7) is 7.65. The normalized spacial score (nSPS) is 21.7. The summed E-state index contributed by atoms with van der Waals surface area (Å²) in [4.78, 5) is 30.9. The van der Waals surface area contributed by atoms with Crippen molar-refractivity contribution < 1.29 is 9.59 Å². The minimum absolute atomic E-state index is 0.134. The van der Waals surface area contributed by atoms with Gasteiger partial charge in [-0.1, -0.05) is 49.4 Å². The Morgan fingerprint density at radius 1 is 1.15 bits per heavy atom. The first-order valence-corrected chi connectivity index (χ1v) is 9.68. The van der Waals surface area contributed by atoms with Crippen LogP contribution in [0.15, 0.2) is 36.4 Å². The van der Waals surface area contributed by atoms with Gasteiger partial charge in [0.1, 0.15) is 0 Å². The molecule has 5 nitrogen and oxygen atoms in total. The molecular formula is C21H29N3O2. The van der Waals surface area contributed by atoms with Gasteiger partial charge in [-0.15, -0.1) is 0 Å². The molecule has 2 aliphatic rings. The van der Waals surface area contributed by atoms with Gasteiger partial charge in [0.15, 0.2) is 0 Å². The number of hydrogen-bond acceptors (Lipinski definition) is 3. The molecule has 0 spiro atoms. The summed E-state index contributed by atoms with van der Waals surface area (Å²) in [5.41, 5.74) is 1.21. The maximum Gasteiger partial charge on any atom is 0.228 e. The third kappa shape index (κ3) is 4.73. The van der Waals surface area contributed by atoms with Crippen molar-refractivity contribution in [2.75, 3.05) is 45.8 Å². The molecule has 2 aliphatic heterocycles. The molecule has 5 heteroatoms. The van der Waals surface area contributed by atoms with Gasteiger partial charge in [0.05, 0.1) is 5.92 Å². The summed E-state index contributed by atoms with van der Waals surface area (Å²) < 4.78 is 0. The Balaban J connectivity index is 1.43. The van der Waals surface area contributed by atoms with E-state index < -0.39 is 0 Å². The smallest absolute Gasteiger partial charge is 0.228 e. The molecule has 0 bridgehead atoms. The number of piperazine rings is 1. The number of benzene rings is 1. The van der Waals surface area contributed by atoms with Crippen LogP contribution in [0, 0.1) is 5.92 Å². The summed E-state index contributed by atoms with van der Waals surface area (Å²) in [5, 5.41) is 0. The van der Waals surface area contributed by atoms with Crippen LogP contribution in [0.3, 0.4) is 0 Å². The third-order valence-electron chi connectivity index (χ3n) is 5.21. The van der Waals surface area contributed by atoms with E-state index in [0.717, 1.165) is 45.7 Å². The van der Waals surface area contributed by atoms with E-state index >= 15 is 0 Å². The quantitative estimate of drug-likeness (QED) is 0.785. The first-order chi connectivity index (χ1) is 12.7. The SMILES string of the molecule is CCCN1CC(C(=O)N2CCN(C/C=C/c3ccccc3)CC2)CC1=O. The number of rotatable bonds is 6. The summed E-state index contributed by atoms with van der Waals surface area (Å²) in [6, 6.07) is 10.3. The molecule has 1 aromatic carbocycles. The Morgan fingerprint density at radius 3 is 2.58 bits per heavy atom. The number of amides is 2. The van der Waals surface area contributed by atoms with Crippen LogP contribution in [-0.4, -0.2) is 72.3 Å². The number of hydrogen-bond donors (Lipinski definition) is 0. The first-order valence-electron chi connectivity index (χ1n) is 9.68. The van der Waals surface area contributed by atoms with Crippen LogP contribution in [-0.2, 0) is 9.59 Å². The van der Waals surface area contributed by atoms with Crippen LogP contribution in [0.25, 0.3) is 6.08 Å². The van der Waals surface area contributed by atoms with E-state index in [-0.39, 0.29) is 17.7 Å². The molecule has 0 radical (unpaired) electrons. The minimum atomic E-state index is -0.140. The van der Waals surface area contributed by atoms with Crippen molar-refractivity contribution in [1.82, 2.24) is 14.7 Å². The van der Waals surface area contributed by atoms with Gasteiger partial charge in [0.2, 0.25) is 11.8 Å². The monoisotopic (exact) mass is 355 g/mol. The Labute approximate surface area is 156 Å². The fraction of sp³-hybridized carbons (Fsp3) is 0.524. The van der Waals surface area contributed by atoms with Crippen LogP contribution >= 0.6 is 0 Å². The molecule has 2 heterocycles. The molecule has 0 aromatic heterocycles. The highest BCUT2D eigenvalue weighted by Gasteiger charge is 2.36. The lowest BCUT2D eigenvalue weighted by Gasteiger charge is -2.35. The van der Waals surface area contributed by atoms with Crippen molar-refractivity contribution in [3.63, 3.8) is 0 Å². The molecule has 2 fully saturated rings. The van der Waals surface area contributed by atoms with Crippen molar-refractivity contribution >= 4 is 17.9 Å². The lowest BCUT2D eigenvalue weighted by Crippen LogP contribution is -2.50. The number of likely N-dealkylation sites (tertiary alicyclic amines) is 1. The maximum atomic E-state index is 12.7. The second-order valence-corrected chi connectivity index (χ2v) is 7.18. The molecule has 0 aliphatic carbocycles. The minimum Gasteiger partial charge on any atom is -0.342 e. The van der Waals surface area contributed by atoms with Crippen LogP contribution < -0.4 is 0 Å². The summed E-state index contributed by atoms with van der Waals surface area (Å²) in [6.07, 6.45) is 5.66. The molecule has 140 valence electrons. The highest BCUT2D eigenvalue weighted by Crippen LogP contribution is 2.21.